The van der Waals surface area contributed by atoms with Crippen molar-refractivity contribution >= 4 is 17.1 Å². The van der Waals surface area contributed by atoms with Gasteiger partial charge in [0.15, 0.2) is 16.7 Å². The third-order valence-electron chi connectivity index (χ3n) is 6.30. The number of hydrogen-bond acceptors (Lipinski definition) is 3. The van der Waals surface area contributed by atoms with Gasteiger partial charge in [0.2, 0.25) is 17.1 Å². The smallest absolute Gasteiger partial charge is 0.242 e. The maximum atomic E-state index is 6.45. The summed E-state index contributed by atoms with van der Waals surface area (Å²) in [5.41, 5.74) is 54.3. The molecule has 0 atom stereocenters. The Kier molecular flexibility index (Phi) is 11.6. The van der Waals surface area contributed by atoms with E-state index in [0.29, 0.717) is 0 Å². The first-order valence-electron chi connectivity index (χ1n) is 14.2. The molecule has 1 saturated carbocycles. The van der Waals surface area contributed by atoms with Crippen LogP contribution < -0.4 is 16.2 Å². The predicted molar refractivity (Wildman–Crippen MR) is 183 cm³/mol. The lowest BCUT2D eigenvalue weighted by Crippen LogP contribution is -2.60. The average molecular weight is 616 g/mol. The summed E-state index contributed by atoms with van der Waals surface area (Å²) in [4.78, 5) is 5.75. The zero-order valence-electron chi connectivity index (χ0n) is 26.5. The van der Waals surface area contributed by atoms with Crippen molar-refractivity contribution in [3.63, 3.8) is 0 Å². The Labute approximate surface area is 278 Å². The maximum absolute atomic E-state index is 6.45. The fourth-order valence-corrected chi connectivity index (χ4v) is 3.75. The van der Waals surface area contributed by atoms with Gasteiger partial charge in [-0.1, -0.05) is 17.2 Å². The fourth-order valence-electron chi connectivity index (χ4n) is 3.75. The molecule has 3 aliphatic heterocycles. The summed E-state index contributed by atoms with van der Waals surface area (Å²) in [6.07, 6.45) is 22.8. The van der Waals surface area contributed by atoms with Crippen LogP contribution in [0.1, 0.15) is 0 Å². The Morgan fingerprint density at radius 2 is 0.542 bits per heavy atom. The van der Waals surface area contributed by atoms with Crippen molar-refractivity contribution < 1.29 is 16.2 Å². The van der Waals surface area contributed by atoms with Gasteiger partial charge in [0.05, 0.1) is 0 Å². The zero-order valence-corrected chi connectivity index (χ0v) is 26.5. The second-order valence-electron chi connectivity index (χ2n) is 9.87. The highest BCUT2D eigenvalue weighted by atomic mass is 15.1. The molecule has 3 heterocycles. The molecule has 0 aromatic heterocycles. The van der Waals surface area contributed by atoms with Gasteiger partial charge < -0.3 is 14.7 Å². The molecule has 48 heavy (non-hydrogen) atoms. The molecule has 4 aliphatic rings. The van der Waals surface area contributed by atoms with Crippen LogP contribution in [-0.2, 0) is 0 Å². The zero-order chi connectivity index (χ0) is 34.1. The van der Waals surface area contributed by atoms with Crippen LogP contribution >= 0.6 is 0 Å². The van der Waals surface area contributed by atoms with Gasteiger partial charge in [-0.25, -0.2) is 0 Å². The van der Waals surface area contributed by atoms with E-state index in [4.69, 9.17) is 16.2 Å². The molecule has 4 rings (SSSR count). The van der Waals surface area contributed by atoms with E-state index >= 15 is 0 Å². The molecule has 0 aromatic carbocycles. The molecule has 1 fully saturated rings. The molecule has 0 amide bonds. The van der Waals surface area contributed by atoms with Crippen molar-refractivity contribution in [2.75, 3.05) is 21.1 Å². The van der Waals surface area contributed by atoms with Crippen molar-refractivity contribution in [1.29, 1.82) is 0 Å². The van der Waals surface area contributed by atoms with Crippen molar-refractivity contribution in [1.82, 2.24) is 14.7 Å². The highest BCUT2D eigenvalue weighted by Crippen LogP contribution is 2.18. The molecule has 0 saturated heterocycles. The predicted octanol–water partition coefficient (Wildman–Crippen LogP) is 1.20. The van der Waals surface area contributed by atoms with Gasteiger partial charge in [-0.3, -0.25) is 16.2 Å². The Morgan fingerprint density at radius 1 is 0.333 bits per heavy atom. The molecule has 6 nitrogen and oxygen atoms in total. The van der Waals surface area contributed by atoms with Gasteiger partial charge in [-0.05, 0) is 122 Å². The number of nitrogens with two attached hydrogens (primary N) is 3. The highest BCUT2D eigenvalue weighted by molar-refractivity contribution is 6.51. The lowest BCUT2D eigenvalue weighted by Gasteiger charge is -2.09. The van der Waals surface area contributed by atoms with E-state index in [0.717, 1.165) is 16.7 Å². The Morgan fingerprint density at radius 3 is 0.771 bits per heavy atom. The first-order chi connectivity index (χ1) is 23.3. The van der Waals surface area contributed by atoms with Crippen LogP contribution in [-0.4, -0.2) is 53.0 Å². The van der Waals surface area contributed by atoms with E-state index in [2.05, 4.69) is 103 Å². The average Bonchev–Trinajstić information content (AvgIpc) is 3.08. The van der Waals surface area contributed by atoms with Gasteiger partial charge in [0.25, 0.3) is 0 Å². The quantitative estimate of drug-likeness (QED) is 0.358. The number of rotatable bonds is 0. The standard InChI is InChI=1S/C42H24N6/c1-46-28-22-34(23-29-46)16-10-4-7-13-19-37-40(43)38(20-14-8-5-11-17-35-24-30-47(2)31-25-35)42(45)39(41(37)44)21-15-9-6-12-18-36-26-32-48(3)33-27-36/h22-33,43-45H,1-3H3/p+3. The lowest BCUT2D eigenvalue weighted by molar-refractivity contribution is -0.124. The minimum Gasteiger partial charge on any atom is -0.357 e. The highest BCUT2D eigenvalue weighted by Gasteiger charge is 2.42. The molecule has 1 aliphatic carbocycles. The molecule has 0 unspecified atom stereocenters. The molecule has 0 bridgehead atoms. The summed E-state index contributed by atoms with van der Waals surface area (Å²) in [7, 11) is 5.79. The van der Waals surface area contributed by atoms with Crippen LogP contribution in [0.3, 0.4) is 0 Å². The molecule has 6 heteroatoms. The van der Waals surface area contributed by atoms with Gasteiger partial charge in [-0.2, -0.15) is 0 Å². The van der Waals surface area contributed by atoms with Gasteiger partial charge in [0, 0.05) is 75.1 Å². The normalized spacial score (nSPS) is 14.8. The van der Waals surface area contributed by atoms with Crippen LogP contribution in [0.2, 0.25) is 0 Å². The molecule has 0 radical (unpaired) electrons. The van der Waals surface area contributed by atoms with Crippen LogP contribution in [0.5, 0.6) is 0 Å². The maximum Gasteiger partial charge on any atom is 0.242 e. The summed E-state index contributed by atoms with van der Waals surface area (Å²) in [6.45, 7) is 0. The molecule has 0 spiro atoms. The van der Waals surface area contributed by atoms with Crippen LogP contribution in [0.15, 0.2) is 210 Å². The molecule has 6 N–H and O–H groups in total. The van der Waals surface area contributed by atoms with Crippen molar-refractivity contribution in [3.8, 4) is 0 Å². The minimum atomic E-state index is 0.179. The summed E-state index contributed by atoms with van der Waals surface area (Å²) in [5, 5.41) is 19.4. The summed E-state index contributed by atoms with van der Waals surface area (Å²) < 4.78 is 0. The largest absolute Gasteiger partial charge is 0.357 e. The van der Waals surface area contributed by atoms with Gasteiger partial charge >= 0.3 is 0 Å². The van der Waals surface area contributed by atoms with Crippen LogP contribution in [0.4, 0.5) is 0 Å². The number of allylic oxidation sites excluding steroid dienone is 12. The molecular weight excluding hydrogens is 589 g/mol. The second-order valence-corrected chi connectivity index (χ2v) is 9.87. The Hall–Kier alpha value is -7.89. The second kappa shape index (κ2) is 16.8. The van der Waals surface area contributed by atoms with Crippen LogP contribution in [0, 0.1) is 0 Å². The van der Waals surface area contributed by atoms with Crippen molar-refractivity contribution in [3.05, 3.63) is 210 Å². The third-order valence-corrected chi connectivity index (χ3v) is 6.30. The molecular formula is C42H27N6+3. The number of nitrogens with zero attached hydrogens (tertiary/aromatic N) is 3. The van der Waals surface area contributed by atoms with Crippen molar-refractivity contribution in [2.45, 2.75) is 0 Å². The Balaban J connectivity index is 1.88. The van der Waals surface area contributed by atoms with E-state index in [1.54, 1.807) is 0 Å². The lowest BCUT2D eigenvalue weighted by atomic mass is 9.82. The molecule has 0 aromatic rings. The summed E-state index contributed by atoms with van der Waals surface area (Å²) in [6, 6.07) is 0. The van der Waals surface area contributed by atoms with E-state index in [9.17, 15) is 0 Å². The monoisotopic (exact) mass is 615 g/mol. The summed E-state index contributed by atoms with van der Waals surface area (Å²) in [5.74, 6) is 0. The van der Waals surface area contributed by atoms with Gasteiger partial charge in [-0.15, -0.1) is 0 Å². The van der Waals surface area contributed by atoms with E-state index in [1.807, 2.05) is 109 Å². The first kappa shape index (κ1) is 33.0. The fraction of sp³-hybridized carbons (Fsp3) is 0.0714. The van der Waals surface area contributed by atoms with Gasteiger partial charge in [0.1, 0.15) is 0 Å². The van der Waals surface area contributed by atoms with E-state index < -0.39 is 0 Å². The van der Waals surface area contributed by atoms with Crippen molar-refractivity contribution in [2.24, 2.45) is 0 Å². The van der Waals surface area contributed by atoms with E-state index in [-0.39, 0.29) is 33.9 Å². The summed E-state index contributed by atoms with van der Waals surface area (Å²) >= 11 is 0. The third kappa shape index (κ3) is 9.82. The SMILES string of the molecule is CN1C=CC(=C=C=C=C=C=C=C2C(=[NH2+])C(=C=C=C=C=C=C=C3C=CN(C)C=C3)C(=[NH2+])C(=C=C=C=C=C=C=C3C=CN(C)C=C3)C2=[NH2+])C=C1. The topological polar surface area (TPSA) is 86.5 Å². The number of hydrogen-bond donors (Lipinski definition) is 3. The Bertz CT molecular complexity index is 2160. The minimum absolute atomic E-state index is 0.179. The first-order valence-corrected chi connectivity index (χ1v) is 14.2. The van der Waals surface area contributed by atoms with E-state index in [1.165, 1.54) is 0 Å². The van der Waals surface area contributed by atoms with Crippen LogP contribution in [0.25, 0.3) is 0 Å². The molecule has 222 valence electrons.